The third-order valence-corrected chi connectivity index (χ3v) is 5.94. The lowest BCUT2D eigenvalue weighted by Gasteiger charge is -2.18. The van der Waals surface area contributed by atoms with Crippen molar-refractivity contribution in [3.63, 3.8) is 0 Å². The topological polar surface area (TPSA) is 52.0 Å². The van der Waals surface area contributed by atoms with E-state index < -0.39 is 55.2 Å². The Labute approximate surface area is 161 Å². The molecular formula is C18H12F6N2O2S. The maximum absolute atomic E-state index is 13.5. The summed E-state index contributed by atoms with van der Waals surface area (Å²) in [6.07, 6.45) is -5.83. The molecule has 0 bridgehead atoms. The van der Waals surface area contributed by atoms with Gasteiger partial charge in [-0.05, 0) is 30.3 Å². The van der Waals surface area contributed by atoms with Crippen LogP contribution in [0.15, 0.2) is 71.0 Å². The molecule has 3 rings (SSSR count). The first-order valence-corrected chi connectivity index (χ1v) is 9.46. The minimum atomic E-state index is -4.87. The van der Waals surface area contributed by atoms with Crippen molar-refractivity contribution in [3.8, 4) is 0 Å². The highest BCUT2D eigenvalue weighted by Crippen LogP contribution is 2.38. The highest BCUT2D eigenvalue weighted by molar-refractivity contribution is 7.91. The number of halogens is 6. The van der Waals surface area contributed by atoms with Gasteiger partial charge in [0.2, 0.25) is 9.84 Å². The van der Waals surface area contributed by atoms with E-state index in [2.05, 4.69) is 4.98 Å². The van der Waals surface area contributed by atoms with Crippen molar-refractivity contribution >= 4 is 9.84 Å². The Balaban J connectivity index is 2.22. The minimum Gasteiger partial charge on any atom is -0.333 e. The molecule has 0 spiro atoms. The maximum atomic E-state index is 13.5. The fourth-order valence-corrected chi connectivity index (χ4v) is 4.33. The van der Waals surface area contributed by atoms with E-state index in [0.717, 1.165) is 30.3 Å². The van der Waals surface area contributed by atoms with E-state index in [1.165, 1.54) is 23.3 Å². The largest absolute Gasteiger partial charge is 0.416 e. The number of rotatable bonds is 4. The third-order valence-electron chi connectivity index (χ3n) is 4.10. The molecule has 1 heterocycles. The van der Waals surface area contributed by atoms with Gasteiger partial charge in [0, 0.05) is 18.0 Å². The Morgan fingerprint density at radius 2 is 1.62 bits per heavy atom. The molecule has 0 radical (unpaired) electrons. The molecule has 154 valence electrons. The minimum absolute atomic E-state index is 0.399. The number of sulfone groups is 1. The Hall–Kier alpha value is -2.82. The second kappa shape index (κ2) is 7.21. The van der Waals surface area contributed by atoms with Crippen molar-refractivity contribution in [2.45, 2.75) is 28.7 Å². The Kier molecular flexibility index (Phi) is 5.20. The first-order chi connectivity index (χ1) is 13.4. The monoisotopic (exact) mass is 434 g/mol. The highest BCUT2D eigenvalue weighted by Gasteiger charge is 2.37. The van der Waals surface area contributed by atoms with Crippen molar-refractivity contribution in [2.75, 3.05) is 0 Å². The molecular weight excluding hydrogens is 422 g/mol. The number of benzene rings is 2. The van der Waals surface area contributed by atoms with Gasteiger partial charge in [0.1, 0.15) is 0 Å². The molecule has 0 saturated carbocycles. The van der Waals surface area contributed by atoms with Gasteiger partial charge in [0.15, 0.2) is 0 Å². The average Bonchev–Trinajstić information content (AvgIpc) is 3.13. The summed E-state index contributed by atoms with van der Waals surface area (Å²) >= 11 is 0. The van der Waals surface area contributed by atoms with Crippen LogP contribution in [0.2, 0.25) is 0 Å². The van der Waals surface area contributed by atoms with Crippen LogP contribution in [-0.2, 0) is 28.7 Å². The van der Waals surface area contributed by atoms with Gasteiger partial charge in [0.25, 0.3) is 0 Å². The zero-order valence-electron chi connectivity index (χ0n) is 14.4. The molecule has 0 aliphatic carbocycles. The molecule has 0 fully saturated rings. The molecule has 4 nitrogen and oxygen atoms in total. The number of hydrogen-bond donors (Lipinski definition) is 0. The molecule has 3 aromatic rings. The van der Waals surface area contributed by atoms with E-state index in [1.54, 1.807) is 0 Å². The molecule has 0 unspecified atom stereocenters. The SMILES string of the molecule is O=S(=O)(c1cccc(C(F)(F)F)c1)c1cccc(C(F)(F)F)c1Cn1ccnc1. The predicted octanol–water partition coefficient (Wildman–Crippen LogP) is 4.80. The van der Waals surface area contributed by atoms with Gasteiger partial charge in [-0.1, -0.05) is 12.1 Å². The number of nitrogens with zero attached hydrogens (tertiary/aromatic N) is 2. The van der Waals surface area contributed by atoms with Crippen LogP contribution < -0.4 is 0 Å². The van der Waals surface area contributed by atoms with Gasteiger partial charge in [-0.25, -0.2) is 13.4 Å². The van der Waals surface area contributed by atoms with E-state index in [0.29, 0.717) is 12.1 Å². The highest BCUT2D eigenvalue weighted by atomic mass is 32.2. The molecule has 0 aliphatic rings. The zero-order chi connectivity index (χ0) is 21.4. The van der Waals surface area contributed by atoms with Crippen LogP contribution in [-0.4, -0.2) is 18.0 Å². The Bertz CT molecular complexity index is 1120. The maximum Gasteiger partial charge on any atom is 0.416 e. The molecule has 11 heteroatoms. The molecule has 0 saturated heterocycles. The lowest BCUT2D eigenvalue weighted by Crippen LogP contribution is -2.16. The van der Waals surface area contributed by atoms with Crippen molar-refractivity contribution in [3.05, 3.63) is 77.9 Å². The molecule has 29 heavy (non-hydrogen) atoms. The molecule has 0 aliphatic heterocycles. The van der Waals surface area contributed by atoms with Crippen molar-refractivity contribution in [2.24, 2.45) is 0 Å². The second-order valence-corrected chi connectivity index (χ2v) is 7.96. The van der Waals surface area contributed by atoms with Gasteiger partial charge in [-0.15, -0.1) is 0 Å². The van der Waals surface area contributed by atoms with Crippen LogP contribution in [0.25, 0.3) is 0 Å². The smallest absolute Gasteiger partial charge is 0.333 e. The van der Waals surface area contributed by atoms with Crippen LogP contribution in [0.5, 0.6) is 0 Å². The summed E-state index contributed by atoms with van der Waals surface area (Å²) in [6.45, 7) is -0.483. The van der Waals surface area contributed by atoms with Crippen LogP contribution >= 0.6 is 0 Å². The summed E-state index contributed by atoms with van der Waals surface area (Å²) in [4.78, 5) is 2.23. The summed E-state index contributed by atoms with van der Waals surface area (Å²) in [5, 5.41) is 0. The summed E-state index contributed by atoms with van der Waals surface area (Å²) in [6, 6.07) is 5.44. The lowest BCUT2D eigenvalue weighted by atomic mass is 10.1. The van der Waals surface area contributed by atoms with Crippen molar-refractivity contribution in [1.29, 1.82) is 0 Å². The molecule has 1 aromatic heterocycles. The molecule has 0 N–H and O–H groups in total. The van der Waals surface area contributed by atoms with E-state index in [9.17, 15) is 34.8 Å². The summed E-state index contributed by atoms with van der Waals surface area (Å²) in [7, 11) is -4.67. The third kappa shape index (κ3) is 4.29. The molecule has 2 aromatic carbocycles. The fraction of sp³-hybridized carbons (Fsp3) is 0.167. The Morgan fingerprint density at radius 3 is 2.21 bits per heavy atom. The second-order valence-electron chi connectivity index (χ2n) is 6.04. The normalized spacial score (nSPS) is 12.9. The summed E-state index contributed by atoms with van der Waals surface area (Å²) in [5.41, 5.74) is -3.00. The van der Waals surface area contributed by atoms with Gasteiger partial charge in [-0.2, -0.15) is 26.3 Å². The van der Waals surface area contributed by atoms with Gasteiger partial charge >= 0.3 is 12.4 Å². The quantitative estimate of drug-likeness (QED) is 0.555. The fourth-order valence-electron chi connectivity index (χ4n) is 2.78. The van der Waals surface area contributed by atoms with Crippen LogP contribution in [0.1, 0.15) is 16.7 Å². The Morgan fingerprint density at radius 1 is 0.931 bits per heavy atom. The number of hydrogen-bond acceptors (Lipinski definition) is 3. The van der Waals surface area contributed by atoms with Crippen LogP contribution in [0, 0.1) is 0 Å². The number of aromatic nitrogens is 2. The average molecular weight is 434 g/mol. The first kappa shape index (κ1) is 20.9. The number of imidazole rings is 1. The van der Waals surface area contributed by atoms with E-state index in [-0.39, 0.29) is 0 Å². The van der Waals surface area contributed by atoms with Crippen molar-refractivity contribution in [1.82, 2.24) is 9.55 Å². The standard InChI is InChI=1S/C18H12F6N2O2S/c19-17(20,21)12-3-1-4-13(9-12)29(27,28)16-6-2-5-15(18(22,23)24)14(16)10-26-8-7-25-11-26/h1-9,11H,10H2. The van der Waals surface area contributed by atoms with E-state index in [1.807, 2.05) is 0 Å². The van der Waals surface area contributed by atoms with Gasteiger partial charge < -0.3 is 4.57 Å². The van der Waals surface area contributed by atoms with Gasteiger partial charge in [0.05, 0.1) is 33.8 Å². The van der Waals surface area contributed by atoms with Crippen LogP contribution in [0.3, 0.4) is 0 Å². The van der Waals surface area contributed by atoms with E-state index >= 15 is 0 Å². The molecule has 0 atom stereocenters. The van der Waals surface area contributed by atoms with Gasteiger partial charge in [-0.3, -0.25) is 0 Å². The van der Waals surface area contributed by atoms with Crippen LogP contribution in [0.4, 0.5) is 26.3 Å². The molecule has 0 amide bonds. The predicted molar refractivity (Wildman–Crippen MR) is 89.7 cm³/mol. The number of alkyl halides is 6. The lowest BCUT2D eigenvalue weighted by molar-refractivity contribution is -0.139. The first-order valence-electron chi connectivity index (χ1n) is 7.98. The van der Waals surface area contributed by atoms with Crippen molar-refractivity contribution < 1.29 is 34.8 Å². The summed E-state index contributed by atoms with van der Waals surface area (Å²) < 4.78 is 107. The van der Waals surface area contributed by atoms with E-state index in [4.69, 9.17) is 0 Å². The zero-order valence-corrected chi connectivity index (χ0v) is 15.2. The summed E-state index contributed by atoms with van der Waals surface area (Å²) in [5.74, 6) is 0.